The molecule has 1 aromatic carbocycles. The van der Waals surface area contributed by atoms with Crippen LogP contribution in [-0.2, 0) is 16.1 Å². The molecule has 0 bridgehead atoms. The summed E-state index contributed by atoms with van der Waals surface area (Å²) in [5.41, 5.74) is 0.504. The van der Waals surface area contributed by atoms with Crippen LogP contribution in [0.15, 0.2) is 42.7 Å². The SMILES string of the molecule is O=C(NCc1cccnc1)C1CCC(C(=O)Nc2c(F)cccc2F)CC1. The van der Waals surface area contributed by atoms with Gasteiger partial charge in [0.15, 0.2) is 0 Å². The number of aromatic nitrogens is 1. The van der Waals surface area contributed by atoms with E-state index in [0.29, 0.717) is 32.2 Å². The number of nitrogens with zero attached hydrogens (tertiary/aromatic N) is 1. The number of anilines is 1. The Balaban J connectivity index is 1.48. The Labute approximate surface area is 156 Å². The van der Waals surface area contributed by atoms with Crippen LogP contribution >= 0.6 is 0 Å². The van der Waals surface area contributed by atoms with Gasteiger partial charge in [0.25, 0.3) is 0 Å². The van der Waals surface area contributed by atoms with E-state index in [4.69, 9.17) is 0 Å². The molecule has 0 unspecified atom stereocenters. The molecule has 0 atom stereocenters. The second kappa shape index (κ2) is 8.70. The highest BCUT2D eigenvalue weighted by molar-refractivity contribution is 5.93. The van der Waals surface area contributed by atoms with Gasteiger partial charge >= 0.3 is 0 Å². The highest BCUT2D eigenvalue weighted by Crippen LogP contribution is 2.30. The number of benzene rings is 1. The van der Waals surface area contributed by atoms with Crippen molar-refractivity contribution in [2.24, 2.45) is 11.8 Å². The lowest BCUT2D eigenvalue weighted by atomic mass is 9.81. The van der Waals surface area contributed by atoms with Crippen molar-refractivity contribution in [1.29, 1.82) is 0 Å². The summed E-state index contributed by atoms with van der Waals surface area (Å²) in [4.78, 5) is 28.6. The van der Waals surface area contributed by atoms with Crippen molar-refractivity contribution in [3.63, 3.8) is 0 Å². The van der Waals surface area contributed by atoms with Gasteiger partial charge in [-0.25, -0.2) is 8.78 Å². The molecule has 0 saturated heterocycles. The summed E-state index contributed by atoms with van der Waals surface area (Å²) in [5.74, 6) is -2.56. The van der Waals surface area contributed by atoms with Crippen LogP contribution in [0.1, 0.15) is 31.2 Å². The van der Waals surface area contributed by atoms with Crippen molar-refractivity contribution in [2.75, 3.05) is 5.32 Å². The molecule has 1 fully saturated rings. The molecule has 1 aliphatic rings. The molecule has 0 aliphatic heterocycles. The van der Waals surface area contributed by atoms with Gasteiger partial charge in [-0.1, -0.05) is 12.1 Å². The lowest BCUT2D eigenvalue weighted by Gasteiger charge is -2.27. The van der Waals surface area contributed by atoms with Crippen LogP contribution in [0.25, 0.3) is 0 Å². The Hall–Kier alpha value is -2.83. The molecule has 0 radical (unpaired) electrons. The van der Waals surface area contributed by atoms with E-state index >= 15 is 0 Å². The summed E-state index contributed by atoms with van der Waals surface area (Å²) < 4.78 is 27.3. The Morgan fingerprint density at radius 3 is 2.19 bits per heavy atom. The summed E-state index contributed by atoms with van der Waals surface area (Å²) in [6.45, 7) is 0.416. The smallest absolute Gasteiger partial charge is 0.227 e. The van der Waals surface area contributed by atoms with Crippen LogP contribution in [-0.4, -0.2) is 16.8 Å². The van der Waals surface area contributed by atoms with Gasteiger partial charge in [0.05, 0.1) is 0 Å². The minimum absolute atomic E-state index is 0.0436. The lowest BCUT2D eigenvalue weighted by molar-refractivity contribution is -0.128. The number of hydrogen-bond donors (Lipinski definition) is 2. The lowest BCUT2D eigenvalue weighted by Crippen LogP contribution is -2.35. The quantitative estimate of drug-likeness (QED) is 0.844. The van der Waals surface area contributed by atoms with Crippen LogP contribution in [0.3, 0.4) is 0 Å². The van der Waals surface area contributed by atoms with Crippen LogP contribution in [0.4, 0.5) is 14.5 Å². The Kier molecular flexibility index (Phi) is 6.11. The molecular weight excluding hydrogens is 352 g/mol. The molecule has 2 amide bonds. The van der Waals surface area contributed by atoms with Gasteiger partial charge in [0.1, 0.15) is 17.3 Å². The van der Waals surface area contributed by atoms with E-state index in [1.54, 1.807) is 12.4 Å². The molecule has 142 valence electrons. The third kappa shape index (κ3) is 4.87. The number of nitrogens with one attached hydrogen (secondary N) is 2. The van der Waals surface area contributed by atoms with E-state index in [9.17, 15) is 18.4 Å². The van der Waals surface area contributed by atoms with Crippen LogP contribution in [0, 0.1) is 23.5 Å². The van der Waals surface area contributed by atoms with Crippen LogP contribution < -0.4 is 10.6 Å². The second-order valence-corrected chi connectivity index (χ2v) is 6.71. The number of pyridine rings is 1. The van der Waals surface area contributed by atoms with Gasteiger partial charge in [-0.2, -0.15) is 0 Å². The fourth-order valence-electron chi connectivity index (χ4n) is 3.30. The number of rotatable bonds is 5. The van der Waals surface area contributed by atoms with E-state index in [2.05, 4.69) is 15.6 Å². The van der Waals surface area contributed by atoms with E-state index in [1.807, 2.05) is 12.1 Å². The maximum atomic E-state index is 13.7. The van der Waals surface area contributed by atoms with Gasteiger partial charge in [-0.05, 0) is 49.4 Å². The second-order valence-electron chi connectivity index (χ2n) is 6.71. The third-order valence-electron chi connectivity index (χ3n) is 4.87. The standard InChI is InChI=1S/C20H21F2N3O2/c21-16-4-1-5-17(22)18(16)25-20(27)15-8-6-14(7-9-15)19(26)24-12-13-3-2-10-23-11-13/h1-5,10-11,14-15H,6-9,12H2,(H,24,26)(H,25,27). The fourth-order valence-corrected chi connectivity index (χ4v) is 3.30. The first-order valence-electron chi connectivity index (χ1n) is 8.96. The van der Waals surface area contributed by atoms with E-state index in [0.717, 1.165) is 17.7 Å². The maximum Gasteiger partial charge on any atom is 0.227 e. The number of para-hydroxylation sites is 1. The summed E-state index contributed by atoms with van der Waals surface area (Å²) in [5, 5.41) is 5.23. The molecule has 1 heterocycles. The molecule has 27 heavy (non-hydrogen) atoms. The normalized spacial score (nSPS) is 19.3. The minimum atomic E-state index is -0.799. The minimum Gasteiger partial charge on any atom is -0.352 e. The van der Waals surface area contributed by atoms with Crippen molar-refractivity contribution < 1.29 is 18.4 Å². The van der Waals surface area contributed by atoms with Gasteiger partial charge in [-0.3, -0.25) is 14.6 Å². The molecule has 2 aromatic rings. The average Bonchev–Trinajstić information content (AvgIpc) is 2.70. The van der Waals surface area contributed by atoms with Crippen molar-refractivity contribution in [3.8, 4) is 0 Å². The highest BCUT2D eigenvalue weighted by atomic mass is 19.1. The summed E-state index contributed by atoms with van der Waals surface area (Å²) in [7, 11) is 0. The molecule has 1 aromatic heterocycles. The topological polar surface area (TPSA) is 71.1 Å². The largest absolute Gasteiger partial charge is 0.352 e. The summed E-state index contributed by atoms with van der Waals surface area (Å²) in [6.07, 6.45) is 5.52. The summed E-state index contributed by atoms with van der Waals surface area (Å²) in [6, 6.07) is 7.14. The molecule has 3 rings (SSSR count). The number of halogens is 2. The van der Waals surface area contributed by atoms with Gasteiger partial charge in [-0.15, -0.1) is 0 Å². The molecule has 2 N–H and O–H groups in total. The Morgan fingerprint density at radius 2 is 1.59 bits per heavy atom. The highest BCUT2D eigenvalue weighted by Gasteiger charge is 2.30. The molecule has 1 aliphatic carbocycles. The molecule has 1 saturated carbocycles. The Morgan fingerprint density at radius 1 is 0.963 bits per heavy atom. The first-order valence-corrected chi connectivity index (χ1v) is 8.96. The van der Waals surface area contributed by atoms with Gasteiger partial charge in [0, 0.05) is 30.8 Å². The van der Waals surface area contributed by atoms with E-state index in [-0.39, 0.29) is 17.7 Å². The van der Waals surface area contributed by atoms with E-state index in [1.165, 1.54) is 6.07 Å². The van der Waals surface area contributed by atoms with Crippen molar-refractivity contribution in [3.05, 3.63) is 59.9 Å². The predicted octanol–water partition coefficient (Wildman–Crippen LogP) is 3.42. The van der Waals surface area contributed by atoms with Crippen molar-refractivity contribution in [2.45, 2.75) is 32.2 Å². The number of hydrogen-bond acceptors (Lipinski definition) is 3. The predicted molar refractivity (Wildman–Crippen MR) is 96.5 cm³/mol. The first kappa shape index (κ1) is 18.9. The van der Waals surface area contributed by atoms with E-state index < -0.39 is 23.2 Å². The number of carbonyl (C=O) groups is 2. The average molecular weight is 373 g/mol. The molecule has 0 spiro atoms. The molecular formula is C20H21F2N3O2. The maximum absolute atomic E-state index is 13.7. The van der Waals surface area contributed by atoms with Crippen molar-refractivity contribution in [1.82, 2.24) is 10.3 Å². The number of amides is 2. The van der Waals surface area contributed by atoms with Crippen LogP contribution in [0.5, 0.6) is 0 Å². The van der Waals surface area contributed by atoms with Gasteiger partial charge < -0.3 is 10.6 Å². The third-order valence-corrected chi connectivity index (χ3v) is 4.87. The zero-order chi connectivity index (χ0) is 19.2. The first-order chi connectivity index (χ1) is 13.0. The van der Waals surface area contributed by atoms with Crippen molar-refractivity contribution >= 4 is 17.5 Å². The molecule has 5 nitrogen and oxygen atoms in total. The number of carbonyl (C=O) groups excluding carboxylic acids is 2. The van der Waals surface area contributed by atoms with Gasteiger partial charge in [0.2, 0.25) is 11.8 Å². The zero-order valence-corrected chi connectivity index (χ0v) is 14.8. The monoisotopic (exact) mass is 373 g/mol. The fraction of sp³-hybridized carbons (Fsp3) is 0.350. The zero-order valence-electron chi connectivity index (χ0n) is 14.8. The Bertz CT molecular complexity index is 786. The molecule has 7 heteroatoms. The summed E-state index contributed by atoms with van der Waals surface area (Å²) >= 11 is 0. The van der Waals surface area contributed by atoms with Crippen LogP contribution in [0.2, 0.25) is 0 Å².